The zero-order valence-corrected chi connectivity index (χ0v) is 10.3. The van der Waals surface area contributed by atoms with Gasteiger partial charge in [0.15, 0.2) is 0 Å². The van der Waals surface area contributed by atoms with E-state index in [9.17, 15) is 9.59 Å². The van der Waals surface area contributed by atoms with E-state index in [1.165, 1.54) is 13.8 Å². The number of carboxylic acids is 1. The molecule has 0 radical (unpaired) electrons. The molecule has 0 rings (SSSR count). The van der Waals surface area contributed by atoms with Gasteiger partial charge in [-0.3, -0.25) is 4.79 Å². The number of nitrogens with one attached hydrogen (secondary N) is 1. The summed E-state index contributed by atoms with van der Waals surface area (Å²) >= 11 is 5.67. The van der Waals surface area contributed by atoms with Gasteiger partial charge < -0.3 is 10.4 Å². The van der Waals surface area contributed by atoms with Crippen LogP contribution in [0.15, 0.2) is 0 Å². The van der Waals surface area contributed by atoms with Crippen LogP contribution in [0, 0.1) is 5.41 Å². The SMILES string of the molecule is CC(C)(CCl)CC(=O)NC(C)(C)C(=O)O. The summed E-state index contributed by atoms with van der Waals surface area (Å²) in [6.07, 6.45) is 0.215. The largest absolute Gasteiger partial charge is 0.480 e. The third kappa shape index (κ3) is 5.02. The van der Waals surface area contributed by atoms with E-state index in [0.717, 1.165) is 0 Å². The van der Waals surface area contributed by atoms with E-state index in [-0.39, 0.29) is 17.7 Å². The number of carbonyl (C=O) groups excluding carboxylic acids is 1. The van der Waals surface area contributed by atoms with Crippen LogP contribution in [-0.4, -0.2) is 28.4 Å². The van der Waals surface area contributed by atoms with Crippen molar-refractivity contribution >= 4 is 23.5 Å². The first-order chi connectivity index (χ1) is 6.60. The van der Waals surface area contributed by atoms with E-state index >= 15 is 0 Å². The van der Waals surface area contributed by atoms with Crippen LogP contribution in [0.4, 0.5) is 0 Å². The van der Waals surface area contributed by atoms with Gasteiger partial charge in [-0.15, -0.1) is 11.6 Å². The Labute approximate surface area is 95.0 Å². The highest BCUT2D eigenvalue weighted by atomic mass is 35.5. The summed E-state index contributed by atoms with van der Waals surface area (Å²) in [5, 5.41) is 11.3. The van der Waals surface area contributed by atoms with Gasteiger partial charge in [0.05, 0.1) is 0 Å². The fraction of sp³-hybridized carbons (Fsp3) is 0.800. The lowest BCUT2D eigenvalue weighted by Crippen LogP contribution is -2.50. The van der Waals surface area contributed by atoms with E-state index in [1.54, 1.807) is 0 Å². The molecule has 0 atom stereocenters. The lowest BCUT2D eigenvalue weighted by Gasteiger charge is -2.25. The first-order valence-corrected chi connectivity index (χ1v) is 5.24. The number of carbonyl (C=O) groups is 2. The van der Waals surface area contributed by atoms with Gasteiger partial charge >= 0.3 is 5.97 Å². The fourth-order valence-electron chi connectivity index (χ4n) is 0.928. The van der Waals surface area contributed by atoms with Gasteiger partial charge in [-0.2, -0.15) is 0 Å². The second-order valence-corrected chi connectivity index (χ2v) is 5.22. The number of hydrogen-bond donors (Lipinski definition) is 2. The minimum Gasteiger partial charge on any atom is -0.480 e. The van der Waals surface area contributed by atoms with Crippen molar-refractivity contribution in [3.63, 3.8) is 0 Å². The van der Waals surface area contributed by atoms with Crippen molar-refractivity contribution in [2.75, 3.05) is 5.88 Å². The standard InChI is InChI=1S/C10H18ClNO3/c1-9(2,6-11)5-7(13)12-10(3,4)8(14)15/h5-6H2,1-4H3,(H,12,13)(H,14,15). The molecule has 0 aromatic heterocycles. The van der Waals surface area contributed by atoms with Crippen molar-refractivity contribution in [1.29, 1.82) is 0 Å². The van der Waals surface area contributed by atoms with E-state index < -0.39 is 11.5 Å². The summed E-state index contributed by atoms with van der Waals surface area (Å²) in [5.74, 6) is -0.999. The van der Waals surface area contributed by atoms with Gasteiger partial charge in [0.25, 0.3) is 0 Å². The molecule has 0 heterocycles. The molecule has 0 saturated carbocycles. The van der Waals surface area contributed by atoms with Crippen LogP contribution >= 0.6 is 11.6 Å². The van der Waals surface area contributed by atoms with Crippen molar-refractivity contribution in [1.82, 2.24) is 5.32 Å². The molecular formula is C10H18ClNO3. The predicted octanol–water partition coefficient (Wildman–Crippen LogP) is 1.62. The van der Waals surface area contributed by atoms with Crippen molar-refractivity contribution in [2.45, 2.75) is 39.7 Å². The number of carboxylic acid groups (broad SMARTS) is 1. The maximum atomic E-state index is 11.5. The number of hydrogen-bond acceptors (Lipinski definition) is 2. The maximum Gasteiger partial charge on any atom is 0.328 e. The number of rotatable bonds is 5. The normalized spacial score (nSPS) is 12.3. The summed E-state index contributed by atoms with van der Waals surface area (Å²) < 4.78 is 0. The summed E-state index contributed by atoms with van der Waals surface area (Å²) in [4.78, 5) is 22.3. The van der Waals surface area contributed by atoms with E-state index in [2.05, 4.69) is 5.32 Å². The quantitative estimate of drug-likeness (QED) is 0.712. The monoisotopic (exact) mass is 235 g/mol. The highest BCUT2D eigenvalue weighted by Crippen LogP contribution is 2.22. The Morgan fingerprint density at radius 1 is 1.27 bits per heavy atom. The molecule has 0 unspecified atom stereocenters. The van der Waals surface area contributed by atoms with Crippen LogP contribution < -0.4 is 5.32 Å². The fourth-order valence-corrected chi connectivity index (χ4v) is 1.02. The molecule has 0 fully saturated rings. The highest BCUT2D eigenvalue weighted by molar-refractivity contribution is 6.18. The van der Waals surface area contributed by atoms with Crippen molar-refractivity contribution in [3.8, 4) is 0 Å². The molecule has 0 aromatic carbocycles. The second kappa shape index (κ2) is 4.84. The molecule has 5 heteroatoms. The molecule has 0 aromatic rings. The second-order valence-electron chi connectivity index (χ2n) is 4.95. The smallest absolute Gasteiger partial charge is 0.328 e. The minimum absolute atomic E-state index is 0.215. The van der Waals surface area contributed by atoms with Crippen LogP contribution in [0.25, 0.3) is 0 Å². The average Bonchev–Trinajstić information content (AvgIpc) is 2.01. The summed E-state index contributed by atoms with van der Waals surface area (Å²) in [6, 6.07) is 0. The highest BCUT2D eigenvalue weighted by Gasteiger charge is 2.31. The zero-order valence-electron chi connectivity index (χ0n) is 9.56. The lowest BCUT2D eigenvalue weighted by atomic mass is 9.91. The zero-order chi connectivity index (χ0) is 12.3. The molecule has 0 spiro atoms. The van der Waals surface area contributed by atoms with Gasteiger partial charge in [-0.25, -0.2) is 4.79 Å². The Hall–Kier alpha value is -0.770. The molecule has 0 bridgehead atoms. The molecule has 15 heavy (non-hydrogen) atoms. The van der Waals surface area contributed by atoms with Gasteiger partial charge in [0, 0.05) is 12.3 Å². The van der Waals surface area contributed by atoms with E-state index in [1.807, 2.05) is 13.8 Å². The first kappa shape index (κ1) is 14.2. The number of aliphatic carboxylic acids is 1. The molecule has 0 aliphatic rings. The van der Waals surface area contributed by atoms with Crippen molar-refractivity contribution in [2.24, 2.45) is 5.41 Å². The minimum atomic E-state index is -1.24. The Morgan fingerprint density at radius 3 is 2.07 bits per heavy atom. The number of alkyl halides is 1. The summed E-state index contributed by atoms with van der Waals surface area (Å²) in [5.41, 5.74) is -1.56. The summed E-state index contributed by atoms with van der Waals surface area (Å²) in [6.45, 7) is 6.60. The Balaban J connectivity index is 4.34. The molecule has 2 N–H and O–H groups in total. The lowest BCUT2D eigenvalue weighted by molar-refractivity contribution is -0.146. The molecule has 1 amide bonds. The third-order valence-corrected chi connectivity index (χ3v) is 2.71. The van der Waals surface area contributed by atoms with Gasteiger partial charge in [0.2, 0.25) is 5.91 Å². The van der Waals surface area contributed by atoms with Crippen LogP contribution in [0.2, 0.25) is 0 Å². The maximum absolute atomic E-state index is 11.5. The van der Waals surface area contributed by atoms with E-state index in [4.69, 9.17) is 16.7 Å². The molecule has 0 aliphatic carbocycles. The van der Waals surface area contributed by atoms with Crippen LogP contribution in [0.1, 0.15) is 34.1 Å². The summed E-state index contributed by atoms with van der Waals surface area (Å²) in [7, 11) is 0. The molecule has 4 nitrogen and oxygen atoms in total. The Bertz CT molecular complexity index is 261. The predicted molar refractivity (Wildman–Crippen MR) is 59.0 cm³/mol. The third-order valence-electron chi connectivity index (χ3n) is 1.99. The Kier molecular flexibility index (Phi) is 4.59. The number of amides is 1. The topological polar surface area (TPSA) is 66.4 Å². The van der Waals surface area contributed by atoms with Crippen LogP contribution in [0.3, 0.4) is 0 Å². The van der Waals surface area contributed by atoms with Gasteiger partial charge in [-0.05, 0) is 19.3 Å². The Morgan fingerprint density at radius 2 is 1.73 bits per heavy atom. The van der Waals surface area contributed by atoms with Crippen LogP contribution in [-0.2, 0) is 9.59 Å². The molecule has 0 saturated heterocycles. The van der Waals surface area contributed by atoms with E-state index in [0.29, 0.717) is 5.88 Å². The van der Waals surface area contributed by atoms with Crippen molar-refractivity contribution in [3.05, 3.63) is 0 Å². The van der Waals surface area contributed by atoms with Crippen molar-refractivity contribution < 1.29 is 14.7 Å². The molecular weight excluding hydrogens is 218 g/mol. The van der Waals surface area contributed by atoms with Gasteiger partial charge in [0.1, 0.15) is 5.54 Å². The first-order valence-electron chi connectivity index (χ1n) is 4.71. The van der Waals surface area contributed by atoms with Crippen LogP contribution in [0.5, 0.6) is 0 Å². The number of halogens is 1. The molecule has 88 valence electrons. The molecule has 0 aliphatic heterocycles. The van der Waals surface area contributed by atoms with Gasteiger partial charge in [-0.1, -0.05) is 13.8 Å². The average molecular weight is 236 g/mol.